The largest absolute Gasteiger partial charge is 0.326 e. The maximum Gasteiger partial charge on any atom is 0.243 e. The minimum atomic E-state index is -3.53. The van der Waals surface area contributed by atoms with Crippen molar-refractivity contribution in [2.24, 2.45) is 11.3 Å². The molecule has 2 aliphatic heterocycles. The number of anilines is 1. The average Bonchev–Trinajstić information content (AvgIpc) is 3.36. The Hall–Kier alpha value is -1.48. The molecule has 0 radical (unpaired) electrons. The van der Waals surface area contributed by atoms with Gasteiger partial charge in [-0.15, -0.1) is 0 Å². The molecule has 1 aliphatic carbocycles. The average molecular weight is 393 g/mol. The Bertz CT molecular complexity index is 812. The fourth-order valence-corrected chi connectivity index (χ4v) is 5.81. The zero-order chi connectivity index (χ0) is 19.1. The number of carbonyl (C=O) groups excluding carboxylic acids is 1. The van der Waals surface area contributed by atoms with Gasteiger partial charge in [0.25, 0.3) is 0 Å². The summed E-state index contributed by atoms with van der Waals surface area (Å²) in [7, 11) is -1.54. The van der Waals surface area contributed by atoms with Crippen molar-refractivity contribution in [1.29, 1.82) is 0 Å². The summed E-state index contributed by atoms with van der Waals surface area (Å²) in [5, 5.41) is 6.29. The number of hydrogen-bond acceptors (Lipinski definition) is 5. The lowest BCUT2D eigenvalue weighted by Crippen LogP contribution is -2.47. The molecule has 27 heavy (non-hydrogen) atoms. The molecule has 2 heterocycles. The molecular formula is C19H28N4O3S. The van der Waals surface area contributed by atoms with E-state index < -0.39 is 10.0 Å². The van der Waals surface area contributed by atoms with Crippen LogP contribution in [0.2, 0.25) is 0 Å². The third-order valence-electron chi connectivity index (χ3n) is 6.31. The molecule has 0 aromatic heterocycles. The Morgan fingerprint density at radius 1 is 1.19 bits per heavy atom. The molecule has 4 rings (SSSR count). The van der Waals surface area contributed by atoms with Crippen LogP contribution in [0.15, 0.2) is 29.2 Å². The number of likely N-dealkylation sites (N-methyl/N-ethyl adjacent to an activating group) is 1. The van der Waals surface area contributed by atoms with E-state index in [1.807, 2.05) is 7.05 Å². The predicted octanol–water partition coefficient (Wildman–Crippen LogP) is 0.951. The molecule has 1 atom stereocenters. The number of benzene rings is 1. The molecule has 8 heteroatoms. The topological polar surface area (TPSA) is 81.8 Å². The molecular weight excluding hydrogens is 364 g/mol. The van der Waals surface area contributed by atoms with Gasteiger partial charge < -0.3 is 15.5 Å². The molecule has 1 aromatic carbocycles. The van der Waals surface area contributed by atoms with E-state index in [0.717, 1.165) is 45.4 Å². The highest BCUT2D eigenvalue weighted by atomic mass is 32.2. The second-order valence-corrected chi connectivity index (χ2v) is 10.0. The van der Waals surface area contributed by atoms with Gasteiger partial charge in [0.15, 0.2) is 0 Å². The Morgan fingerprint density at radius 3 is 2.59 bits per heavy atom. The summed E-state index contributed by atoms with van der Waals surface area (Å²) in [5.74, 6) is 0.0727. The number of sulfonamides is 1. The number of piperidine rings is 1. The van der Waals surface area contributed by atoms with Crippen LogP contribution in [0, 0.1) is 11.3 Å². The van der Waals surface area contributed by atoms with Gasteiger partial charge in [0.2, 0.25) is 15.9 Å². The van der Waals surface area contributed by atoms with Gasteiger partial charge in [-0.2, -0.15) is 4.31 Å². The third-order valence-corrected chi connectivity index (χ3v) is 8.20. The van der Waals surface area contributed by atoms with Crippen molar-refractivity contribution in [2.75, 3.05) is 51.6 Å². The van der Waals surface area contributed by atoms with E-state index in [1.165, 1.54) is 4.31 Å². The van der Waals surface area contributed by atoms with E-state index in [4.69, 9.17) is 0 Å². The zero-order valence-corrected chi connectivity index (χ0v) is 16.6. The van der Waals surface area contributed by atoms with Crippen LogP contribution in [0.1, 0.15) is 19.3 Å². The van der Waals surface area contributed by atoms with Gasteiger partial charge in [-0.3, -0.25) is 4.79 Å². The Morgan fingerprint density at radius 2 is 1.89 bits per heavy atom. The van der Waals surface area contributed by atoms with Crippen LogP contribution >= 0.6 is 0 Å². The van der Waals surface area contributed by atoms with E-state index in [0.29, 0.717) is 18.8 Å². The Labute approximate surface area is 161 Å². The second-order valence-electron chi connectivity index (χ2n) is 8.09. The monoisotopic (exact) mass is 392 g/mol. The van der Waals surface area contributed by atoms with Crippen molar-refractivity contribution in [3.8, 4) is 0 Å². The first-order valence-electron chi connectivity index (χ1n) is 9.71. The van der Waals surface area contributed by atoms with Crippen molar-refractivity contribution in [1.82, 2.24) is 14.5 Å². The normalized spacial score (nSPS) is 26.0. The SMILES string of the molecule is CN1CCN(S(=O)(=O)c2cccc(NC(=O)C3CC34CCNCC4)c2)CC1. The molecule has 1 spiro atoms. The van der Waals surface area contributed by atoms with Crippen LogP contribution in [0.25, 0.3) is 0 Å². The quantitative estimate of drug-likeness (QED) is 0.797. The number of amides is 1. The summed E-state index contributed by atoms with van der Waals surface area (Å²) in [6.07, 6.45) is 3.03. The van der Waals surface area contributed by atoms with E-state index in [-0.39, 0.29) is 22.1 Å². The highest BCUT2D eigenvalue weighted by Crippen LogP contribution is 2.58. The maximum atomic E-state index is 12.9. The van der Waals surface area contributed by atoms with Crippen molar-refractivity contribution < 1.29 is 13.2 Å². The minimum absolute atomic E-state index is 0.0195. The molecule has 0 bridgehead atoms. The molecule has 1 aromatic rings. The molecule has 1 amide bonds. The number of nitrogens with zero attached hydrogens (tertiary/aromatic N) is 2. The summed E-state index contributed by atoms with van der Waals surface area (Å²) in [4.78, 5) is 15.0. The molecule has 3 fully saturated rings. The van der Waals surface area contributed by atoms with Gasteiger partial charge >= 0.3 is 0 Å². The predicted molar refractivity (Wildman–Crippen MR) is 104 cm³/mol. The van der Waals surface area contributed by atoms with Crippen molar-refractivity contribution in [3.05, 3.63) is 24.3 Å². The summed E-state index contributed by atoms with van der Waals surface area (Å²) in [5.41, 5.74) is 0.727. The standard InChI is InChI=1S/C19H28N4O3S/c1-22-9-11-23(12-10-22)27(25,26)16-4-2-3-15(13-16)21-18(24)17-14-19(17)5-7-20-8-6-19/h2-4,13,17,20H,5-12,14H2,1H3,(H,21,24). The molecule has 1 unspecified atom stereocenters. The lowest BCUT2D eigenvalue weighted by atomic mass is 9.92. The lowest BCUT2D eigenvalue weighted by molar-refractivity contribution is -0.118. The van der Waals surface area contributed by atoms with Crippen LogP contribution in [-0.4, -0.2) is 69.8 Å². The number of piperazine rings is 1. The van der Waals surface area contributed by atoms with Gasteiger partial charge in [-0.25, -0.2) is 8.42 Å². The van der Waals surface area contributed by atoms with Gasteiger partial charge in [0, 0.05) is 37.8 Å². The molecule has 1 saturated carbocycles. The highest BCUT2D eigenvalue weighted by molar-refractivity contribution is 7.89. The molecule has 148 valence electrons. The number of hydrogen-bond donors (Lipinski definition) is 2. The number of nitrogens with one attached hydrogen (secondary N) is 2. The van der Waals surface area contributed by atoms with Crippen LogP contribution in [0.5, 0.6) is 0 Å². The Balaban J connectivity index is 1.44. The molecule has 7 nitrogen and oxygen atoms in total. The van der Waals surface area contributed by atoms with Gasteiger partial charge in [-0.1, -0.05) is 6.07 Å². The summed E-state index contributed by atoms with van der Waals surface area (Å²) in [6.45, 7) is 4.40. The van der Waals surface area contributed by atoms with Gasteiger partial charge in [0.05, 0.1) is 4.90 Å². The molecule has 2 N–H and O–H groups in total. The first kappa shape index (κ1) is 18.9. The van der Waals surface area contributed by atoms with Crippen LogP contribution in [0.4, 0.5) is 5.69 Å². The minimum Gasteiger partial charge on any atom is -0.326 e. The first-order valence-corrected chi connectivity index (χ1v) is 11.2. The van der Waals surface area contributed by atoms with Crippen LogP contribution in [-0.2, 0) is 14.8 Å². The fraction of sp³-hybridized carbons (Fsp3) is 0.632. The fourth-order valence-electron chi connectivity index (χ4n) is 4.34. The maximum absolute atomic E-state index is 12.9. The summed E-state index contributed by atoms with van der Waals surface area (Å²) in [6, 6.07) is 6.65. The van der Waals surface area contributed by atoms with Crippen LogP contribution < -0.4 is 10.6 Å². The zero-order valence-electron chi connectivity index (χ0n) is 15.8. The summed E-state index contributed by atoms with van der Waals surface area (Å²) < 4.78 is 27.3. The lowest BCUT2D eigenvalue weighted by Gasteiger charge is -2.31. The van der Waals surface area contributed by atoms with E-state index >= 15 is 0 Å². The van der Waals surface area contributed by atoms with Gasteiger partial charge in [-0.05, 0) is 63.0 Å². The number of carbonyl (C=O) groups is 1. The van der Waals surface area contributed by atoms with E-state index in [2.05, 4.69) is 15.5 Å². The molecule has 3 aliphatic rings. The third kappa shape index (κ3) is 3.76. The first-order chi connectivity index (χ1) is 12.9. The molecule has 2 saturated heterocycles. The number of rotatable bonds is 4. The highest BCUT2D eigenvalue weighted by Gasteiger charge is 2.57. The van der Waals surface area contributed by atoms with Crippen molar-refractivity contribution >= 4 is 21.6 Å². The smallest absolute Gasteiger partial charge is 0.243 e. The summed E-state index contributed by atoms with van der Waals surface area (Å²) >= 11 is 0. The van der Waals surface area contributed by atoms with Crippen molar-refractivity contribution in [3.63, 3.8) is 0 Å². The van der Waals surface area contributed by atoms with E-state index in [9.17, 15) is 13.2 Å². The Kier molecular flexibility index (Phi) is 5.00. The van der Waals surface area contributed by atoms with E-state index in [1.54, 1.807) is 24.3 Å². The van der Waals surface area contributed by atoms with Gasteiger partial charge in [0.1, 0.15) is 0 Å². The van der Waals surface area contributed by atoms with Crippen LogP contribution in [0.3, 0.4) is 0 Å². The van der Waals surface area contributed by atoms with Crippen molar-refractivity contribution in [2.45, 2.75) is 24.2 Å². The second kappa shape index (κ2) is 7.16.